The maximum atomic E-state index is 13.9. The summed E-state index contributed by atoms with van der Waals surface area (Å²) in [5.74, 6) is 0.686. The Labute approximate surface area is 207 Å². The molecular weight excluding hydrogens is 471 g/mol. The predicted octanol–water partition coefficient (Wildman–Crippen LogP) is 5.09. The van der Waals surface area contributed by atoms with Crippen LogP contribution in [0.25, 0.3) is 11.4 Å². The number of hydrogen-bond donors (Lipinski definition) is 0. The van der Waals surface area contributed by atoms with Crippen LogP contribution in [0.15, 0.2) is 24.3 Å². The highest BCUT2D eigenvalue weighted by Crippen LogP contribution is 2.42. The average Bonchev–Trinajstić information content (AvgIpc) is 3.40. The standard InChI is InChI=1S/C26H30F3N5O2/c1-5-17-13-18-23(31-33(4)24(18)20-14-22(26(27,28)29)30-32(20)3)19(6-2)34(17)25(35)16-10-9-15-8-7-11-36-21(15)12-16/h9-10,12,14,17,19H,5-8,11,13H2,1-4H3. The molecule has 36 heavy (non-hydrogen) atoms. The Hall–Kier alpha value is -3.30. The first-order chi connectivity index (χ1) is 17.1. The molecule has 5 rings (SSSR count). The van der Waals surface area contributed by atoms with Crippen LogP contribution < -0.4 is 4.74 Å². The van der Waals surface area contributed by atoms with Crippen molar-refractivity contribution in [1.29, 1.82) is 0 Å². The van der Waals surface area contributed by atoms with Crippen LogP contribution in [0.1, 0.15) is 72.0 Å². The van der Waals surface area contributed by atoms with Crippen molar-refractivity contribution in [2.45, 2.75) is 64.2 Å². The molecule has 2 aromatic heterocycles. The van der Waals surface area contributed by atoms with Gasteiger partial charge in [-0.15, -0.1) is 0 Å². The summed E-state index contributed by atoms with van der Waals surface area (Å²) in [7, 11) is 3.24. The van der Waals surface area contributed by atoms with Crippen molar-refractivity contribution in [3.8, 4) is 17.1 Å². The summed E-state index contributed by atoms with van der Waals surface area (Å²) in [5, 5.41) is 8.43. The number of aryl methyl sites for hydroxylation is 3. The normalized spacial score (nSPS) is 19.6. The van der Waals surface area contributed by atoms with Gasteiger partial charge in [-0.1, -0.05) is 19.9 Å². The van der Waals surface area contributed by atoms with Crippen molar-refractivity contribution >= 4 is 5.91 Å². The van der Waals surface area contributed by atoms with Crippen molar-refractivity contribution in [2.75, 3.05) is 6.61 Å². The quantitative estimate of drug-likeness (QED) is 0.500. The van der Waals surface area contributed by atoms with E-state index < -0.39 is 11.9 Å². The van der Waals surface area contributed by atoms with Crippen LogP contribution in [0.2, 0.25) is 0 Å². The lowest BCUT2D eigenvalue weighted by molar-refractivity contribution is -0.141. The van der Waals surface area contributed by atoms with Crippen LogP contribution in [-0.2, 0) is 33.1 Å². The van der Waals surface area contributed by atoms with Crippen LogP contribution in [-0.4, -0.2) is 43.0 Å². The Kier molecular flexibility index (Phi) is 6.08. The molecule has 0 radical (unpaired) electrons. The van der Waals surface area contributed by atoms with E-state index in [2.05, 4.69) is 5.10 Å². The van der Waals surface area contributed by atoms with Crippen molar-refractivity contribution in [3.63, 3.8) is 0 Å². The number of aromatic nitrogens is 4. The van der Waals surface area contributed by atoms with E-state index in [-0.39, 0.29) is 18.0 Å². The fourth-order valence-corrected chi connectivity index (χ4v) is 5.59. The molecule has 1 aromatic carbocycles. The van der Waals surface area contributed by atoms with E-state index in [1.807, 2.05) is 36.9 Å². The maximum Gasteiger partial charge on any atom is 0.435 e. The van der Waals surface area contributed by atoms with Gasteiger partial charge in [0.15, 0.2) is 5.69 Å². The Morgan fingerprint density at radius 1 is 1.11 bits per heavy atom. The second kappa shape index (κ2) is 8.97. The number of halogens is 3. The summed E-state index contributed by atoms with van der Waals surface area (Å²) >= 11 is 0. The zero-order chi connectivity index (χ0) is 25.8. The van der Waals surface area contributed by atoms with Gasteiger partial charge in [-0.25, -0.2) is 0 Å². The smallest absolute Gasteiger partial charge is 0.435 e. The molecule has 0 saturated carbocycles. The summed E-state index contributed by atoms with van der Waals surface area (Å²) < 4.78 is 48.7. The number of rotatable bonds is 4. The number of nitrogens with zero attached hydrogens (tertiary/aromatic N) is 5. The lowest BCUT2D eigenvalue weighted by Crippen LogP contribution is -2.47. The minimum Gasteiger partial charge on any atom is -0.493 e. The second-order valence-electron chi connectivity index (χ2n) is 9.55. The highest BCUT2D eigenvalue weighted by atomic mass is 19.4. The van der Waals surface area contributed by atoms with Crippen molar-refractivity contribution in [2.24, 2.45) is 14.1 Å². The van der Waals surface area contributed by atoms with Gasteiger partial charge < -0.3 is 9.64 Å². The molecule has 0 bridgehead atoms. The third kappa shape index (κ3) is 3.96. The molecule has 0 N–H and O–H groups in total. The molecule has 3 aromatic rings. The highest BCUT2D eigenvalue weighted by molar-refractivity contribution is 5.95. The predicted molar refractivity (Wildman–Crippen MR) is 128 cm³/mol. The van der Waals surface area contributed by atoms with Crippen molar-refractivity contribution < 1.29 is 22.7 Å². The fourth-order valence-electron chi connectivity index (χ4n) is 5.59. The lowest BCUT2D eigenvalue weighted by Gasteiger charge is -2.41. The molecule has 192 valence electrons. The van der Waals surface area contributed by atoms with Gasteiger partial charge in [0.05, 0.1) is 29.7 Å². The number of benzene rings is 1. The lowest BCUT2D eigenvalue weighted by atomic mass is 9.88. The van der Waals surface area contributed by atoms with E-state index in [4.69, 9.17) is 9.84 Å². The van der Waals surface area contributed by atoms with Gasteiger partial charge in [0, 0.05) is 31.3 Å². The Morgan fingerprint density at radius 2 is 1.89 bits per heavy atom. The number of carbonyl (C=O) groups is 1. The zero-order valence-corrected chi connectivity index (χ0v) is 20.9. The molecule has 4 heterocycles. The summed E-state index contributed by atoms with van der Waals surface area (Å²) in [5.41, 5.74) is 3.34. The summed E-state index contributed by atoms with van der Waals surface area (Å²) in [4.78, 5) is 15.8. The van der Waals surface area contributed by atoms with Gasteiger partial charge >= 0.3 is 6.18 Å². The number of amides is 1. The topological polar surface area (TPSA) is 65.2 Å². The molecule has 2 unspecified atom stereocenters. The highest BCUT2D eigenvalue weighted by Gasteiger charge is 2.41. The van der Waals surface area contributed by atoms with Crippen LogP contribution >= 0.6 is 0 Å². The number of fused-ring (bicyclic) bond motifs is 2. The summed E-state index contributed by atoms with van der Waals surface area (Å²) in [6, 6.07) is 6.33. The first kappa shape index (κ1) is 24.4. The third-order valence-electron chi connectivity index (χ3n) is 7.33. The van der Waals surface area contributed by atoms with Gasteiger partial charge in [0.1, 0.15) is 5.75 Å². The minimum atomic E-state index is -4.53. The first-order valence-electron chi connectivity index (χ1n) is 12.4. The van der Waals surface area contributed by atoms with E-state index in [1.54, 1.807) is 11.7 Å². The first-order valence-corrected chi connectivity index (χ1v) is 12.4. The molecule has 1 amide bonds. The zero-order valence-electron chi connectivity index (χ0n) is 20.9. The number of ether oxygens (including phenoxy) is 1. The van der Waals surface area contributed by atoms with Crippen LogP contribution in [0.3, 0.4) is 0 Å². The molecular formula is C26H30F3N5O2. The Balaban J connectivity index is 1.56. The van der Waals surface area contributed by atoms with Gasteiger partial charge in [-0.3, -0.25) is 14.2 Å². The van der Waals surface area contributed by atoms with E-state index in [1.165, 1.54) is 11.7 Å². The van der Waals surface area contributed by atoms with E-state index in [0.717, 1.165) is 41.5 Å². The van der Waals surface area contributed by atoms with Crippen LogP contribution in [0.4, 0.5) is 13.2 Å². The molecule has 2 aliphatic heterocycles. The van der Waals surface area contributed by atoms with E-state index in [9.17, 15) is 18.0 Å². The number of carbonyl (C=O) groups excluding carboxylic acids is 1. The van der Waals surface area contributed by atoms with Gasteiger partial charge in [0.2, 0.25) is 0 Å². The Bertz CT molecular complexity index is 1310. The average molecular weight is 502 g/mol. The maximum absolute atomic E-state index is 13.9. The number of hydrogen-bond acceptors (Lipinski definition) is 4. The minimum absolute atomic E-state index is 0.0802. The summed E-state index contributed by atoms with van der Waals surface area (Å²) in [6.07, 6.45) is -0.788. The largest absolute Gasteiger partial charge is 0.493 e. The molecule has 2 atom stereocenters. The van der Waals surface area contributed by atoms with Crippen LogP contribution in [0, 0.1) is 0 Å². The SMILES string of the molecule is CCC1Cc2c(nn(C)c2-c2cc(C(F)(F)F)nn2C)C(CC)N1C(=O)c1ccc2c(c1)OCCC2. The van der Waals surface area contributed by atoms with Crippen molar-refractivity contribution in [3.05, 3.63) is 52.3 Å². The third-order valence-corrected chi connectivity index (χ3v) is 7.33. The van der Waals surface area contributed by atoms with Crippen LogP contribution in [0.5, 0.6) is 5.75 Å². The molecule has 0 fully saturated rings. The van der Waals surface area contributed by atoms with Gasteiger partial charge in [0.25, 0.3) is 5.91 Å². The molecule has 0 aliphatic carbocycles. The molecule has 0 saturated heterocycles. The fraction of sp³-hybridized carbons (Fsp3) is 0.500. The van der Waals surface area contributed by atoms with E-state index >= 15 is 0 Å². The molecule has 0 spiro atoms. The molecule has 10 heteroatoms. The van der Waals surface area contributed by atoms with Gasteiger partial charge in [-0.05, 0) is 55.9 Å². The summed E-state index contributed by atoms with van der Waals surface area (Å²) in [6.45, 7) is 4.68. The number of alkyl halides is 3. The molecule has 2 aliphatic rings. The van der Waals surface area contributed by atoms with Gasteiger partial charge in [-0.2, -0.15) is 23.4 Å². The van der Waals surface area contributed by atoms with Crippen molar-refractivity contribution in [1.82, 2.24) is 24.5 Å². The Morgan fingerprint density at radius 3 is 2.56 bits per heavy atom. The molecule has 7 nitrogen and oxygen atoms in total. The second-order valence-corrected chi connectivity index (χ2v) is 9.55. The van der Waals surface area contributed by atoms with E-state index in [0.29, 0.717) is 42.8 Å². The monoisotopic (exact) mass is 501 g/mol.